The van der Waals surface area contributed by atoms with E-state index in [-0.39, 0.29) is 11.5 Å². The molecule has 0 bridgehead atoms. The third-order valence-electron chi connectivity index (χ3n) is 3.24. The molecule has 5 nitrogen and oxygen atoms in total. The van der Waals surface area contributed by atoms with Crippen molar-refractivity contribution >= 4 is 5.91 Å². The van der Waals surface area contributed by atoms with Gasteiger partial charge >= 0.3 is 0 Å². The van der Waals surface area contributed by atoms with E-state index in [1.807, 2.05) is 18.2 Å². The van der Waals surface area contributed by atoms with Gasteiger partial charge in [-0.2, -0.15) is 0 Å². The van der Waals surface area contributed by atoms with Crippen LogP contribution in [-0.4, -0.2) is 27.5 Å². The molecule has 2 heterocycles. The van der Waals surface area contributed by atoms with Gasteiger partial charge in [-0.25, -0.2) is 0 Å². The van der Waals surface area contributed by atoms with Crippen LogP contribution in [0.25, 0.3) is 0 Å². The zero-order chi connectivity index (χ0) is 12.5. The number of fused-ring (bicyclic) bond motifs is 1. The zero-order valence-corrected chi connectivity index (χ0v) is 9.77. The van der Waals surface area contributed by atoms with Gasteiger partial charge in [0, 0.05) is 19.2 Å². The number of nitrogens with one attached hydrogen (secondary N) is 2. The van der Waals surface area contributed by atoms with Crippen LogP contribution in [0.2, 0.25) is 0 Å². The van der Waals surface area contributed by atoms with Crippen LogP contribution in [0, 0.1) is 0 Å². The third kappa shape index (κ3) is 1.84. The van der Waals surface area contributed by atoms with Gasteiger partial charge in [0.1, 0.15) is 5.69 Å². The molecule has 0 saturated carbocycles. The summed E-state index contributed by atoms with van der Waals surface area (Å²) in [5, 5.41) is 4.98. The molecule has 0 unspecified atom stereocenters. The monoisotopic (exact) mass is 243 g/mol. The fourth-order valence-electron chi connectivity index (χ4n) is 2.29. The van der Waals surface area contributed by atoms with Crippen molar-refractivity contribution in [2.45, 2.75) is 13.0 Å². The van der Waals surface area contributed by atoms with Gasteiger partial charge in [0.15, 0.2) is 0 Å². The Hall–Kier alpha value is -2.30. The highest BCUT2D eigenvalue weighted by atomic mass is 16.2. The summed E-state index contributed by atoms with van der Waals surface area (Å²) < 4.78 is 0. The molecule has 92 valence electrons. The Morgan fingerprint density at radius 2 is 1.94 bits per heavy atom. The number of aromatic nitrogens is 2. The Morgan fingerprint density at radius 1 is 1.17 bits per heavy atom. The van der Waals surface area contributed by atoms with Gasteiger partial charge in [0.05, 0.1) is 0 Å². The van der Waals surface area contributed by atoms with Crippen molar-refractivity contribution in [3.63, 3.8) is 0 Å². The van der Waals surface area contributed by atoms with Crippen LogP contribution in [0.3, 0.4) is 0 Å². The molecule has 3 rings (SSSR count). The summed E-state index contributed by atoms with van der Waals surface area (Å²) in [5.74, 6) is -0.136. The van der Waals surface area contributed by atoms with Crippen molar-refractivity contribution in [2.24, 2.45) is 0 Å². The normalized spacial score (nSPS) is 14.3. The van der Waals surface area contributed by atoms with E-state index in [1.165, 1.54) is 17.2 Å². The predicted molar refractivity (Wildman–Crippen MR) is 66.3 cm³/mol. The highest BCUT2D eigenvalue weighted by molar-refractivity contribution is 5.92. The van der Waals surface area contributed by atoms with Crippen LogP contribution in [-0.2, 0) is 13.0 Å². The van der Waals surface area contributed by atoms with Gasteiger partial charge in [-0.15, -0.1) is 0 Å². The molecule has 0 saturated heterocycles. The summed E-state index contributed by atoms with van der Waals surface area (Å²) in [6.45, 7) is 1.28. The number of nitrogens with zero attached hydrogens (tertiary/aromatic N) is 1. The van der Waals surface area contributed by atoms with Gasteiger partial charge in [-0.05, 0) is 17.5 Å². The van der Waals surface area contributed by atoms with E-state index >= 15 is 0 Å². The van der Waals surface area contributed by atoms with Crippen LogP contribution in [0.15, 0.2) is 35.1 Å². The fraction of sp³-hybridized carbons (Fsp3) is 0.231. The predicted octanol–water partition coefficient (Wildman–Crippen LogP) is 0.901. The van der Waals surface area contributed by atoms with Crippen LogP contribution < -0.4 is 5.56 Å². The maximum absolute atomic E-state index is 12.2. The third-order valence-corrected chi connectivity index (χ3v) is 3.24. The lowest BCUT2D eigenvalue weighted by atomic mass is 10.00. The van der Waals surface area contributed by atoms with Crippen molar-refractivity contribution in [2.75, 3.05) is 6.54 Å². The minimum Gasteiger partial charge on any atom is -0.333 e. The van der Waals surface area contributed by atoms with Crippen molar-refractivity contribution in [1.29, 1.82) is 0 Å². The van der Waals surface area contributed by atoms with Crippen LogP contribution in [0.1, 0.15) is 21.6 Å². The average Bonchev–Trinajstić information content (AvgIpc) is 2.84. The lowest BCUT2D eigenvalue weighted by Gasteiger charge is -2.28. The van der Waals surface area contributed by atoms with E-state index in [4.69, 9.17) is 0 Å². The van der Waals surface area contributed by atoms with Crippen LogP contribution in [0.5, 0.6) is 0 Å². The summed E-state index contributed by atoms with van der Waals surface area (Å²) in [6.07, 6.45) is 0.858. The number of aromatic amines is 2. The van der Waals surface area contributed by atoms with Crippen molar-refractivity contribution in [1.82, 2.24) is 15.1 Å². The second-order valence-electron chi connectivity index (χ2n) is 4.42. The van der Waals surface area contributed by atoms with Gasteiger partial charge in [-0.3, -0.25) is 19.8 Å². The Labute approximate surface area is 103 Å². The standard InChI is InChI=1S/C13H13N3O2/c17-12-7-11(14-15-12)13(18)16-6-5-9-3-1-2-4-10(9)8-16/h1-4,7H,5-6,8H2,(H2,14,15,17). The van der Waals surface area contributed by atoms with Crippen molar-refractivity contribution < 1.29 is 4.79 Å². The number of carbonyl (C=O) groups excluding carboxylic acids is 1. The molecule has 0 fully saturated rings. The second kappa shape index (κ2) is 4.18. The van der Waals surface area contributed by atoms with E-state index in [9.17, 15) is 9.59 Å². The van der Waals surface area contributed by atoms with E-state index in [0.29, 0.717) is 18.8 Å². The van der Waals surface area contributed by atoms with Crippen LogP contribution in [0.4, 0.5) is 0 Å². The highest BCUT2D eigenvalue weighted by Crippen LogP contribution is 2.19. The van der Waals surface area contributed by atoms with Gasteiger partial charge in [0.25, 0.3) is 11.5 Å². The van der Waals surface area contributed by atoms with E-state index in [1.54, 1.807) is 4.90 Å². The average molecular weight is 243 g/mol. The first kappa shape index (κ1) is 10.8. The number of benzene rings is 1. The molecule has 5 heteroatoms. The number of rotatable bonds is 1. The summed E-state index contributed by atoms with van der Waals surface area (Å²) in [5.41, 5.74) is 2.51. The molecule has 1 aliphatic heterocycles. The molecule has 2 N–H and O–H groups in total. The van der Waals surface area contributed by atoms with Gasteiger partial charge in [-0.1, -0.05) is 24.3 Å². The molecule has 0 atom stereocenters. The lowest BCUT2D eigenvalue weighted by molar-refractivity contribution is 0.0728. The van der Waals surface area contributed by atoms with Crippen molar-refractivity contribution in [3.8, 4) is 0 Å². The van der Waals surface area contributed by atoms with Crippen molar-refractivity contribution in [3.05, 3.63) is 57.5 Å². The summed E-state index contributed by atoms with van der Waals surface area (Å²) in [6, 6.07) is 9.41. The second-order valence-corrected chi connectivity index (χ2v) is 4.42. The minimum absolute atomic E-state index is 0.136. The molecular formula is C13H13N3O2. The Kier molecular flexibility index (Phi) is 2.51. The fourth-order valence-corrected chi connectivity index (χ4v) is 2.29. The number of H-pyrrole nitrogens is 2. The molecular weight excluding hydrogens is 230 g/mol. The molecule has 18 heavy (non-hydrogen) atoms. The smallest absolute Gasteiger partial charge is 0.272 e. The first-order chi connectivity index (χ1) is 8.74. The molecule has 1 aliphatic rings. The van der Waals surface area contributed by atoms with E-state index in [0.717, 1.165) is 6.42 Å². The Bertz CT molecular complexity index is 641. The Balaban J connectivity index is 1.84. The molecule has 0 aliphatic carbocycles. The summed E-state index contributed by atoms with van der Waals surface area (Å²) >= 11 is 0. The Morgan fingerprint density at radius 3 is 2.67 bits per heavy atom. The van der Waals surface area contributed by atoms with E-state index in [2.05, 4.69) is 16.3 Å². The maximum atomic E-state index is 12.2. The summed E-state index contributed by atoms with van der Waals surface area (Å²) in [7, 11) is 0. The molecule has 1 aromatic heterocycles. The minimum atomic E-state index is -0.282. The highest BCUT2D eigenvalue weighted by Gasteiger charge is 2.22. The first-order valence-corrected chi connectivity index (χ1v) is 5.88. The quantitative estimate of drug-likeness (QED) is 0.781. The number of carbonyl (C=O) groups is 1. The zero-order valence-electron chi connectivity index (χ0n) is 9.77. The molecule has 2 aromatic rings. The first-order valence-electron chi connectivity index (χ1n) is 5.88. The summed E-state index contributed by atoms with van der Waals surface area (Å²) in [4.78, 5) is 24.9. The molecule has 0 radical (unpaired) electrons. The topological polar surface area (TPSA) is 69.0 Å². The van der Waals surface area contributed by atoms with Gasteiger partial charge < -0.3 is 4.90 Å². The van der Waals surface area contributed by atoms with Gasteiger partial charge in [0.2, 0.25) is 0 Å². The van der Waals surface area contributed by atoms with Crippen LogP contribution >= 0.6 is 0 Å². The number of hydrogen-bond donors (Lipinski definition) is 2. The largest absolute Gasteiger partial charge is 0.333 e. The molecule has 0 spiro atoms. The SMILES string of the molecule is O=C(c1cc(=O)[nH][nH]1)N1CCc2ccccc2C1. The van der Waals surface area contributed by atoms with E-state index < -0.39 is 0 Å². The number of hydrogen-bond acceptors (Lipinski definition) is 2. The molecule has 1 aromatic carbocycles. The maximum Gasteiger partial charge on any atom is 0.272 e. The number of amides is 1. The lowest BCUT2D eigenvalue weighted by Crippen LogP contribution is -2.36. The molecule has 1 amide bonds.